The molecule has 0 aliphatic carbocycles. The topological polar surface area (TPSA) is 64.4 Å². The minimum atomic E-state index is -0.325. The lowest BCUT2D eigenvalue weighted by Gasteiger charge is -2.11. The van der Waals surface area contributed by atoms with Crippen LogP contribution in [-0.2, 0) is 6.61 Å². The van der Waals surface area contributed by atoms with Gasteiger partial charge in [-0.3, -0.25) is 0 Å². The zero-order valence-electron chi connectivity index (χ0n) is 16.7. The van der Waals surface area contributed by atoms with Crippen LogP contribution in [0.3, 0.4) is 0 Å². The van der Waals surface area contributed by atoms with Gasteiger partial charge in [-0.15, -0.1) is 0 Å². The summed E-state index contributed by atoms with van der Waals surface area (Å²) in [6, 6.07) is 21.4. The second kappa shape index (κ2) is 9.36. The average Bonchev–Trinajstić information content (AvgIpc) is 3.17. The van der Waals surface area contributed by atoms with Crippen molar-refractivity contribution in [1.82, 2.24) is 14.9 Å². The summed E-state index contributed by atoms with van der Waals surface area (Å²) < 4.78 is 26.4. The van der Waals surface area contributed by atoms with Crippen molar-refractivity contribution >= 4 is 18.4 Å². The molecule has 0 radical (unpaired) electrons. The fraction of sp³-hybridized carbons (Fsp3) is 0.0870. The van der Waals surface area contributed by atoms with E-state index >= 15 is 0 Å². The van der Waals surface area contributed by atoms with Crippen molar-refractivity contribution in [2.24, 2.45) is 5.10 Å². The molecule has 0 saturated heterocycles. The van der Waals surface area contributed by atoms with Gasteiger partial charge in [0.05, 0.1) is 13.3 Å². The SMILES string of the molecule is COc1ccc(/C=N\n2c(-c3ccc(F)cc3)n[nH]c2=S)cc1OCc1ccccc1. The Labute approximate surface area is 183 Å². The Hall–Kier alpha value is -3.78. The van der Waals surface area contributed by atoms with E-state index in [9.17, 15) is 4.39 Å². The van der Waals surface area contributed by atoms with Gasteiger partial charge in [-0.05, 0) is 65.8 Å². The molecule has 1 heterocycles. The van der Waals surface area contributed by atoms with E-state index in [-0.39, 0.29) is 5.82 Å². The van der Waals surface area contributed by atoms with E-state index in [4.69, 9.17) is 21.7 Å². The lowest BCUT2D eigenvalue weighted by molar-refractivity contribution is 0.284. The summed E-state index contributed by atoms with van der Waals surface area (Å²) in [7, 11) is 1.60. The number of ether oxygens (including phenoxy) is 2. The maximum atomic E-state index is 13.2. The van der Waals surface area contributed by atoms with E-state index in [1.807, 2.05) is 48.5 Å². The Morgan fingerprint density at radius 2 is 1.84 bits per heavy atom. The summed E-state index contributed by atoms with van der Waals surface area (Å²) in [6.07, 6.45) is 1.65. The average molecular weight is 434 g/mol. The number of nitrogens with one attached hydrogen (secondary N) is 1. The molecule has 1 aromatic heterocycles. The second-order valence-electron chi connectivity index (χ2n) is 6.60. The number of H-pyrrole nitrogens is 1. The van der Waals surface area contributed by atoms with Gasteiger partial charge in [0, 0.05) is 5.56 Å². The first-order valence-electron chi connectivity index (χ1n) is 9.46. The molecule has 156 valence electrons. The molecule has 0 unspecified atom stereocenters. The molecular weight excluding hydrogens is 415 g/mol. The van der Waals surface area contributed by atoms with Gasteiger partial charge in [-0.1, -0.05) is 30.3 Å². The van der Waals surface area contributed by atoms with Gasteiger partial charge in [-0.2, -0.15) is 14.9 Å². The van der Waals surface area contributed by atoms with Crippen molar-refractivity contribution < 1.29 is 13.9 Å². The van der Waals surface area contributed by atoms with Crippen molar-refractivity contribution in [2.75, 3.05) is 7.11 Å². The Kier molecular flexibility index (Phi) is 6.18. The molecule has 0 bridgehead atoms. The van der Waals surface area contributed by atoms with Crippen molar-refractivity contribution in [3.8, 4) is 22.9 Å². The van der Waals surface area contributed by atoms with Crippen LogP contribution < -0.4 is 9.47 Å². The molecule has 0 atom stereocenters. The second-order valence-corrected chi connectivity index (χ2v) is 6.99. The summed E-state index contributed by atoms with van der Waals surface area (Å²) in [5, 5.41) is 11.4. The number of benzene rings is 3. The van der Waals surface area contributed by atoms with Crippen LogP contribution in [0, 0.1) is 10.6 Å². The largest absolute Gasteiger partial charge is 0.493 e. The first kappa shape index (κ1) is 20.5. The fourth-order valence-electron chi connectivity index (χ4n) is 2.93. The molecule has 4 rings (SSSR count). The van der Waals surface area contributed by atoms with Crippen LogP contribution >= 0.6 is 12.2 Å². The molecule has 0 aliphatic heterocycles. The first-order valence-corrected chi connectivity index (χ1v) is 9.87. The Morgan fingerprint density at radius 3 is 2.58 bits per heavy atom. The van der Waals surface area contributed by atoms with Crippen molar-refractivity contribution in [3.63, 3.8) is 0 Å². The third-order valence-corrected chi connectivity index (χ3v) is 4.76. The molecule has 0 fully saturated rings. The Bertz CT molecular complexity index is 1250. The molecular formula is C23H19FN4O2S. The third-order valence-electron chi connectivity index (χ3n) is 4.50. The summed E-state index contributed by atoms with van der Waals surface area (Å²) in [6.45, 7) is 0.416. The van der Waals surface area contributed by atoms with Gasteiger partial charge in [0.25, 0.3) is 0 Å². The highest BCUT2D eigenvalue weighted by molar-refractivity contribution is 7.71. The highest BCUT2D eigenvalue weighted by Crippen LogP contribution is 2.28. The van der Waals surface area contributed by atoms with Crippen molar-refractivity contribution in [2.45, 2.75) is 6.61 Å². The number of hydrogen-bond donors (Lipinski definition) is 1. The molecule has 8 heteroatoms. The highest BCUT2D eigenvalue weighted by atomic mass is 32.1. The quantitative estimate of drug-likeness (QED) is 0.320. The minimum absolute atomic E-state index is 0.324. The van der Waals surface area contributed by atoms with Crippen LogP contribution in [0.15, 0.2) is 77.9 Å². The van der Waals surface area contributed by atoms with Gasteiger partial charge in [0.15, 0.2) is 17.3 Å². The van der Waals surface area contributed by atoms with Crippen LogP contribution in [-0.4, -0.2) is 28.2 Å². The number of nitrogens with zero attached hydrogens (tertiary/aromatic N) is 3. The van der Waals surface area contributed by atoms with E-state index in [1.165, 1.54) is 16.8 Å². The van der Waals surface area contributed by atoms with Crippen LogP contribution in [0.2, 0.25) is 0 Å². The van der Waals surface area contributed by atoms with Gasteiger partial charge in [-0.25, -0.2) is 9.49 Å². The smallest absolute Gasteiger partial charge is 0.216 e. The van der Waals surface area contributed by atoms with Crippen LogP contribution in [0.1, 0.15) is 11.1 Å². The molecule has 0 spiro atoms. The first-order chi connectivity index (χ1) is 15.1. The van der Waals surface area contributed by atoms with Crippen LogP contribution in [0.4, 0.5) is 4.39 Å². The molecule has 0 aliphatic rings. The summed E-state index contributed by atoms with van der Waals surface area (Å²) in [5.41, 5.74) is 2.53. The van der Waals surface area contributed by atoms with E-state index < -0.39 is 0 Å². The number of rotatable bonds is 7. The van der Waals surface area contributed by atoms with E-state index in [0.29, 0.717) is 34.3 Å². The fourth-order valence-corrected chi connectivity index (χ4v) is 3.11. The number of hydrogen-bond acceptors (Lipinski definition) is 5. The monoisotopic (exact) mass is 434 g/mol. The molecule has 0 saturated carbocycles. The van der Waals surface area contributed by atoms with Crippen LogP contribution in [0.5, 0.6) is 11.5 Å². The summed E-state index contributed by atoms with van der Waals surface area (Å²) >= 11 is 5.29. The molecule has 31 heavy (non-hydrogen) atoms. The molecule has 6 nitrogen and oxygen atoms in total. The Morgan fingerprint density at radius 1 is 1.06 bits per heavy atom. The highest BCUT2D eigenvalue weighted by Gasteiger charge is 2.09. The predicted octanol–water partition coefficient (Wildman–Crippen LogP) is 5.22. The zero-order chi connectivity index (χ0) is 21.6. The lowest BCUT2D eigenvalue weighted by atomic mass is 10.2. The van der Waals surface area contributed by atoms with E-state index in [1.54, 1.807) is 25.5 Å². The zero-order valence-corrected chi connectivity index (χ0v) is 17.5. The van der Waals surface area contributed by atoms with Crippen LogP contribution in [0.25, 0.3) is 11.4 Å². The van der Waals surface area contributed by atoms with E-state index in [0.717, 1.165) is 11.1 Å². The van der Waals surface area contributed by atoms with Gasteiger partial charge in [0.1, 0.15) is 12.4 Å². The van der Waals surface area contributed by atoms with Gasteiger partial charge in [0.2, 0.25) is 4.77 Å². The molecule has 0 amide bonds. The number of aromatic nitrogens is 3. The number of methoxy groups -OCH3 is 1. The van der Waals surface area contributed by atoms with Crippen molar-refractivity contribution in [1.29, 1.82) is 0 Å². The molecule has 4 aromatic rings. The maximum absolute atomic E-state index is 13.2. The normalized spacial score (nSPS) is 11.0. The Balaban J connectivity index is 1.59. The predicted molar refractivity (Wildman–Crippen MR) is 120 cm³/mol. The number of aromatic amines is 1. The summed E-state index contributed by atoms with van der Waals surface area (Å²) in [5.74, 6) is 1.38. The van der Waals surface area contributed by atoms with E-state index in [2.05, 4.69) is 15.3 Å². The lowest BCUT2D eigenvalue weighted by Crippen LogP contribution is -1.99. The third kappa shape index (κ3) is 4.87. The molecule has 1 N–H and O–H groups in total. The maximum Gasteiger partial charge on any atom is 0.216 e. The van der Waals surface area contributed by atoms with Gasteiger partial charge >= 0.3 is 0 Å². The van der Waals surface area contributed by atoms with Gasteiger partial charge < -0.3 is 9.47 Å². The minimum Gasteiger partial charge on any atom is -0.493 e. The van der Waals surface area contributed by atoms with Crippen molar-refractivity contribution in [3.05, 3.63) is 94.5 Å². The molecule has 3 aromatic carbocycles. The standard InChI is InChI=1S/C23H19FN4O2S/c1-29-20-12-7-17(13-21(20)30-15-16-5-3-2-4-6-16)14-25-28-22(26-27-23(28)31)18-8-10-19(24)11-9-18/h2-14H,15H2,1H3,(H,27,31)/b25-14-. The summed E-state index contributed by atoms with van der Waals surface area (Å²) in [4.78, 5) is 0. The number of halogens is 1.